The molecule has 110 valence electrons. The van der Waals surface area contributed by atoms with Gasteiger partial charge in [-0.2, -0.15) is 0 Å². The van der Waals surface area contributed by atoms with Crippen LogP contribution in [0.1, 0.15) is 5.69 Å². The van der Waals surface area contributed by atoms with E-state index in [1.165, 1.54) is 0 Å². The molecule has 0 aliphatic carbocycles. The first kappa shape index (κ1) is 12.7. The molecule has 1 aromatic carbocycles. The summed E-state index contributed by atoms with van der Waals surface area (Å²) < 4.78 is 7.33. The van der Waals surface area contributed by atoms with Crippen molar-refractivity contribution >= 4 is 22.9 Å². The zero-order valence-electron chi connectivity index (χ0n) is 12.0. The standard InChI is InChI=1S/C16H14N4O2/c1-9-15(19-16-11(17)3-2-6-20(9)16)10-4-5-13-12(7-10)18-14(21)8-22-13/h2-7H,8,17H2,1H3,(H,18,21). The van der Waals surface area contributed by atoms with Crippen LogP contribution in [0.4, 0.5) is 11.4 Å². The monoisotopic (exact) mass is 294 g/mol. The second kappa shape index (κ2) is 4.49. The van der Waals surface area contributed by atoms with Gasteiger partial charge in [0.2, 0.25) is 0 Å². The van der Waals surface area contributed by atoms with Gasteiger partial charge in [-0.3, -0.25) is 4.79 Å². The van der Waals surface area contributed by atoms with E-state index in [9.17, 15) is 4.79 Å². The summed E-state index contributed by atoms with van der Waals surface area (Å²) in [7, 11) is 0. The van der Waals surface area contributed by atoms with Crippen molar-refractivity contribution in [3.8, 4) is 17.0 Å². The van der Waals surface area contributed by atoms with Crippen molar-refractivity contribution in [2.75, 3.05) is 17.7 Å². The van der Waals surface area contributed by atoms with Crippen molar-refractivity contribution in [3.63, 3.8) is 0 Å². The lowest BCUT2D eigenvalue weighted by Gasteiger charge is -2.18. The molecule has 4 rings (SSSR count). The number of fused-ring (bicyclic) bond motifs is 2. The molecule has 3 heterocycles. The first-order valence-electron chi connectivity index (χ1n) is 6.94. The number of nitrogens with two attached hydrogens (primary N) is 1. The smallest absolute Gasteiger partial charge is 0.262 e. The Kier molecular flexibility index (Phi) is 2.59. The van der Waals surface area contributed by atoms with E-state index in [1.54, 1.807) is 0 Å². The third-order valence-corrected chi connectivity index (χ3v) is 3.80. The van der Waals surface area contributed by atoms with Gasteiger partial charge in [0, 0.05) is 17.5 Å². The molecule has 6 heteroatoms. The number of rotatable bonds is 1. The van der Waals surface area contributed by atoms with E-state index in [2.05, 4.69) is 10.3 Å². The second-order valence-electron chi connectivity index (χ2n) is 5.25. The van der Waals surface area contributed by atoms with Gasteiger partial charge in [-0.15, -0.1) is 0 Å². The molecule has 1 aliphatic heterocycles. The van der Waals surface area contributed by atoms with E-state index in [1.807, 2.05) is 47.9 Å². The van der Waals surface area contributed by atoms with Crippen LogP contribution in [-0.2, 0) is 4.79 Å². The van der Waals surface area contributed by atoms with Gasteiger partial charge in [0.15, 0.2) is 12.3 Å². The summed E-state index contributed by atoms with van der Waals surface area (Å²) in [4.78, 5) is 16.1. The van der Waals surface area contributed by atoms with Gasteiger partial charge in [-0.1, -0.05) is 0 Å². The van der Waals surface area contributed by atoms with E-state index in [-0.39, 0.29) is 12.5 Å². The predicted molar refractivity (Wildman–Crippen MR) is 83.9 cm³/mol. The summed E-state index contributed by atoms with van der Waals surface area (Å²) >= 11 is 0. The average molecular weight is 294 g/mol. The van der Waals surface area contributed by atoms with Crippen molar-refractivity contribution in [2.24, 2.45) is 0 Å². The fraction of sp³-hybridized carbons (Fsp3) is 0.125. The molecule has 6 nitrogen and oxygen atoms in total. The van der Waals surface area contributed by atoms with Crippen LogP contribution in [0.25, 0.3) is 16.9 Å². The number of aromatic nitrogens is 2. The fourth-order valence-electron chi connectivity index (χ4n) is 2.71. The predicted octanol–water partition coefficient (Wildman–Crippen LogP) is 2.22. The Morgan fingerprint density at radius 1 is 1.36 bits per heavy atom. The largest absolute Gasteiger partial charge is 0.482 e. The fourth-order valence-corrected chi connectivity index (χ4v) is 2.71. The maximum absolute atomic E-state index is 11.5. The Bertz CT molecular complexity index is 914. The highest BCUT2D eigenvalue weighted by Crippen LogP contribution is 2.34. The van der Waals surface area contributed by atoms with Crippen LogP contribution >= 0.6 is 0 Å². The molecule has 2 aromatic heterocycles. The number of pyridine rings is 1. The van der Waals surface area contributed by atoms with E-state index < -0.39 is 0 Å². The number of nitrogens with zero attached hydrogens (tertiary/aromatic N) is 2. The van der Waals surface area contributed by atoms with Crippen LogP contribution < -0.4 is 15.8 Å². The summed E-state index contributed by atoms with van der Waals surface area (Å²) in [6.07, 6.45) is 1.93. The van der Waals surface area contributed by atoms with Crippen molar-refractivity contribution in [1.29, 1.82) is 0 Å². The van der Waals surface area contributed by atoms with Crippen molar-refractivity contribution in [3.05, 3.63) is 42.2 Å². The molecule has 3 aromatic rings. The first-order chi connectivity index (χ1) is 10.6. The third-order valence-electron chi connectivity index (χ3n) is 3.80. The summed E-state index contributed by atoms with van der Waals surface area (Å²) in [5.41, 5.74) is 10.7. The minimum Gasteiger partial charge on any atom is -0.482 e. The molecule has 0 fully saturated rings. The highest BCUT2D eigenvalue weighted by molar-refractivity contribution is 5.96. The Balaban J connectivity index is 1.89. The summed E-state index contributed by atoms with van der Waals surface area (Å²) in [6, 6.07) is 9.36. The number of anilines is 2. The number of ether oxygens (including phenoxy) is 1. The van der Waals surface area contributed by atoms with Crippen molar-refractivity contribution in [1.82, 2.24) is 9.38 Å². The topological polar surface area (TPSA) is 81.6 Å². The van der Waals surface area contributed by atoms with Gasteiger partial charge in [-0.25, -0.2) is 4.98 Å². The van der Waals surface area contributed by atoms with Crippen LogP contribution in [0.5, 0.6) is 5.75 Å². The normalized spacial score (nSPS) is 13.6. The minimum atomic E-state index is -0.152. The Morgan fingerprint density at radius 3 is 3.05 bits per heavy atom. The summed E-state index contributed by atoms with van der Waals surface area (Å²) in [6.45, 7) is 2.04. The summed E-state index contributed by atoms with van der Waals surface area (Å²) in [5.74, 6) is 0.518. The maximum atomic E-state index is 11.5. The molecule has 22 heavy (non-hydrogen) atoms. The quantitative estimate of drug-likeness (QED) is 0.721. The van der Waals surface area contributed by atoms with Crippen molar-refractivity contribution in [2.45, 2.75) is 6.92 Å². The molecule has 0 saturated carbocycles. The van der Waals surface area contributed by atoms with E-state index in [0.717, 1.165) is 22.6 Å². The molecule has 0 radical (unpaired) electrons. The van der Waals surface area contributed by atoms with Gasteiger partial charge in [0.25, 0.3) is 5.91 Å². The van der Waals surface area contributed by atoms with Gasteiger partial charge >= 0.3 is 0 Å². The molecule has 0 saturated heterocycles. The number of hydrogen-bond donors (Lipinski definition) is 2. The molecule has 1 aliphatic rings. The first-order valence-corrected chi connectivity index (χ1v) is 6.94. The van der Waals surface area contributed by atoms with Crippen molar-refractivity contribution < 1.29 is 9.53 Å². The molecule has 0 spiro atoms. The van der Waals surface area contributed by atoms with Crippen LogP contribution in [0.3, 0.4) is 0 Å². The van der Waals surface area contributed by atoms with Gasteiger partial charge in [0.1, 0.15) is 5.75 Å². The number of imidazole rings is 1. The number of aryl methyl sites for hydroxylation is 1. The number of amides is 1. The van der Waals surface area contributed by atoms with Gasteiger partial charge in [0.05, 0.1) is 17.1 Å². The zero-order chi connectivity index (χ0) is 15.3. The molecular formula is C16H14N4O2. The number of carbonyl (C=O) groups excluding carboxylic acids is 1. The highest BCUT2D eigenvalue weighted by atomic mass is 16.5. The molecule has 1 amide bonds. The molecule has 3 N–H and O–H groups in total. The maximum Gasteiger partial charge on any atom is 0.262 e. The molecule has 0 bridgehead atoms. The zero-order valence-corrected chi connectivity index (χ0v) is 12.0. The minimum absolute atomic E-state index is 0.0519. The van der Waals surface area contributed by atoms with Crippen LogP contribution in [0.15, 0.2) is 36.5 Å². The van der Waals surface area contributed by atoms with E-state index in [0.29, 0.717) is 17.1 Å². The van der Waals surface area contributed by atoms with E-state index >= 15 is 0 Å². The molecular weight excluding hydrogens is 280 g/mol. The average Bonchev–Trinajstić information content (AvgIpc) is 2.85. The van der Waals surface area contributed by atoms with E-state index in [4.69, 9.17) is 10.5 Å². The number of benzene rings is 1. The number of hydrogen-bond acceptors (Lipinski definition) is 4. The Morgan fingerprint density at radius 2 is 2.23 bits per heavy atom. The third kappa shape index (κ3) is 1.81. The number of nitrogen functional groups attached to an aromatic ring is 1. The lowest BCUT2D eigenvalue weighted by molar-refractivity contribution is -0.118. The SMILES string of the molecule is Cc1c(-c2ccc3c(c2)NC(=O)CO3)nc2c(N)cccn12. The second-order valence-corrected chi connectivity index (χ2v) is 5.25. The van der Waals surface area contributed by atoms with Gasteiger partial charge < -0.3 is 20.2 Å². The molecule has 0 unspecified atom stereocenters. The Hall–Kier alpha value is -3.02. The van der Waals surface area contributed by atoms with Crippen LogP contribution in [-0.4, -0.2) is 21.9 Å². The van der Waals surface area contributed by atoms with Gasteiger partial charge in [-0.05, 0) is 37.3 Å². The van der Waals surface area contributed by atoms with Crippen LogP contribution in [0.2, 0.25) is 0 Å². The molecule has 0 atom stereocenters. The Labute approximate surface area is 126 Å². The highest BCUT2D eigenvalue weighted by Gasteiger charge is 2.18. The lowest BCUT2D eigenvalue weighted by Crippen LogP contribution is -2.25. The number of carbonyl (C=O) groups is 1. The summed E-state index contributed by atoms with van der Waals surface area (Å²) in [5, 5.41) is 2.81. The van der Waals surface area contributed by atoms with Crippen LogP contribution in [0, 0.1) is 6.92 Å². The number of nitrogens with one attached hydrogen (secondary N) is 1. The lowest BCUT2D eigenvalue weighted by atomic mass is 10.1.